The van der Waals surface area contributed by atoms with Crippen LogP contribution >= 0.6 is 24.0 Å². The van der Waals surface area contributed by atoms with Gasteiger partial charge >= 0.3 is 0 Å². The van der Waals surface area contributed by atoms with Crippen molar-refractivity contribution in [2.45, 2.75) is 19.2 Å². The van der Waals surface area contributed by atoms with Crippen molar-refractivity contribution in [3.8, 4) is 5.75 Å². The standard InChI is InChI=1S/C21H29N3O2S.HI/c1-4-26-20-12-10-18(11-13-20)16-24(3)21(22-2)23-14-15-27(25)17-19-8-6-5-7-9-19;/h5-13H,4,14-17H2,1-3H3,(H,22,23);1H. The van der Waals surface area contributed by atoms with Crippen molar-refractivity contribution >= 4 is 40.7 Å². The Bertz CT molecular complexity index is 739. The molecule has 2 aromatic carbocycles. The van der Waals surface area contributed by atoms with Crippen LogP contribution in [0, 0.1) is 0 Å². The highest BCUT2D eigenvalue weighted by atomic mass is 127. The van der Waals surface area contributed by atoms with Crippen molar-refractivity contribution < 1.29 is 8.95 Å². The fourth-order valence-electron chi connectivity index (χ4n) is 2.70. The number of guanidine groups is 1. The minimum absolute atomic E-state index is 0. The van der Waals surface area contributed by atoms with Crippen molar-refractivity contribution in [3.05, 3.63) is 65.7 Å². The molecule has 2 rings (SSSR count). The molecule has 0 bridgehead atoms. The quantitative estimate of drug-likeness (QED) is 0.315. The van der Waals surface area contributed by atoms with Gasteiger partial charge in [-0.15, -0.1) is 24.0 Å². The van der Waals surface area contributed by atoms with E-state index in [0.29, 0.717) is 24.7 Å². The zero-order chi connectivity index (χ0) is 19.5. The Hall–Kier alpha value is -1.61. The second-order valence-corrected chi connectivity index (χ2v) is 7.76. The molecule has 5 nitrogen and oxygen atoms in total. The van der Waals surface area contributed by atoms with E-state index in [4.69, 9.17) is 4.74 Å². The maximum absolute atomic E-state index is 12.2. The van der Waals surface area contributed by atoms with E-state index in [-0.39, 0.29) is 24.0 Å². The second-order valence-electron chi connectivity index (χ2n) is 6.18. The summed E-state index contributed by atoms with van der Waals surface area (Å²) >= 11 is 0. The van der Waals surface area contributed by atoms with Gasteiger partial charge < -0.3 is 15.0 Å². The summed E-state index contributed by atoms with van der Waals surface area (Å²) in [5.74, 6) is 2.85. The van der Waals surface area contributed by atoms with Crippen LogP contribution in [0.2, 0.25) is 0 Å². The van der Waals surface area contributed by atoms with Crippen LogP contribution in [0.1, 0.15) is 18.1 Å². The first kappa shape index (κ1) is 24.4. The Morgan fingerprint density at radius 1 is 1.11 bits per heavy atom. The number of nitrogens with zero attached hydrogens (tertiary/aromatic N) is 2. The Morgan fingerprint density at radius 2 is 1.79 bits per heavy atom. The number of ether oxygens (including phenoxy) is 1. The van der Waals surface area contributed by atoms with Crippen LogP contribution in [0.25, 0.3) is 0 Å². The minimum Gasteiger partial charge on any atom is -0.494 e. The molecule has 0 fully saturated rings. The first-order valence-corrected chi connectivity index (χ1v) is 10.6. The van der Waals surface area contributed by atoms with Gasteiger partial charge in [0.1, 0.15) is 5.75 Å². The Morgan fingerprint density at radius 3 is 2.39 bits per heavy atom. The number of halogens is 1. The molecule has 0 heterocycles. The van der Waals surface area contributed by atoms with E-state index in [0.717, 1.165) is 23.8 Å². The predicted octanol–water partition coefficient (Wildman–Crippen LogP) is 3.66. The molecule has 0 spiro atoms. The average Bonchev–Trinajstić information content (AvgIpc) is 2.67. The lowest BCUT2D eigenvalue weighted by molar-refractivity contribution is 0.340. The number of rotatable bonds is 9. The molecule has 1 atom stereocenters. The summed E-state index contributed by atoms with van der Waals surface area (Å²) in [4.78, 5) is 6.37. The summed E-state index contributed by atoms with van der Waals surface area (Å²) in [6.07, 6.45) is 0. The Kier molecular flexibility index (Phi) is 11.8. The predicted molar refractivity (Wildman–Crippen MR) is 129 cm³/mol. The molecule has 0 radical (unpaired) electrons. The largest absolute Gasteiger partial charge is 0.494 e. The van der Waals surface area contributed by atoms with E-state index >= 15 is 0 Å². The summed E-state index contributed by atoms with van der Waals surface area (Å²) in [5, 5.41) is 3.30. The van der Waals surface area contributed by atoms with Gasteiger partial charge in [-0.05, 0) is 30.2 Å². The summed E-state index contributed by atoms with van der Waals surface area (Å²) in [5.41, 5.74) is 2.28. The van der Waals surface area contributed by atoms with E-state index in [2.05, 4.69) is 27.3 Å². The van der Waals surface area contributed by atoms with Gasteiger partial charge in [0, 0.05) is 49.5 Å². The number of nitrogens with one attached hydrogen (secondary N) is 1. The molecule has 0 aliphatic carbocycles. The Balaban J connectivity index is 0.00000392. The molecule has 0 saturated heterocycles. The molecular formula is C21H30IN3O2S. The van der Waals surface area contributed by atoms with Crippen LogP contribution in [-0.4, -0.2) is 48.1 Å². The highest BCUT2D eigenvalue weighted by Gasteiger charge is 2.08. The van der Waals surface area contributed by atoms with E-state index in [1.165, 1.54) is 5.56 Å². The monoisotopic (exact) mass is 515 g/mol. The van der Waals surface area contributed by atoms with Crippen molar-refractivity contribution in [1.29, 1.82) is 0 Å². The molecule has 154 valence electrons. The minimum atomic E-state index is -0.895. The summed E-state index contributed by atoms with van der Waals surface area (Å²) in [6.45, 7) is 4.00. The highest BCUT2D eigenvalue weighted by molar-refractivity contribution is 14.0. The third kappa shape index (κ3) is 8.60. The first-order chi connectivity index (χ1) is 13.1. The van der Waals surface area contributed by atoms with Crippen LogP contribution in [-0.2, 0) is 23.1 Å². The van der Waals surface area contributed by atoms with Crippen molar-refractivity contribution in [1.82, 2.24) is 10.2 Å². The lowest BCUT2D eigenvalue weighted by Crippen LogP contribution is -2.40. The van der Waals surface area contributed by atoms with Gasteiger partial charge in [-0.2, -0.15) is 0 Å². The lowest BCUT2D eigenvalue weighted by Gasteiger charge is -2.22. The maximum atomic E-state index is 12.2. The van der Waals surface area contributed by atoms with Crippen LogP contribution in [0.3, 0.4) is 0 Å². The summed E-state index contributed by atoms with van der Waals surface area (Å²) < 4.78 is 17.7. The molecule has 2 aromatic rings. The fourth-order valence-corrected chi connectivity index (χ4v) is 3.74. The van der Waals surface area contributed by atoms with E-state index in [1.807, 2.05) is 56.4 Å². The van der Waals surface area contributed by atoms with Gasteiger partial charge in [0.2, 0.25) is 0 Å². The first-order valence-electron chi connectivity index (χ1n) is 9.14. The topological polar surface area (TPSA) is 53.9 Å². The maximum Gasteiger partial charge on any atom is 0.193 e. The van der Waals surface area contributed by atoms with Crippen LogP contribution < -0.4 is 10.1 Å². The van der Waals surface area contributed by atoms with Gasteiger partial charge in [-0.1, -0.05) is 42.5 Å². The van der Waals surface area contributed by atoms with E-state index in [1.54, 1.807) is 7.05 Å². The van der Waals surface area contributed by atoms with Crippen molar-refractivity contribution in [3.63, 3.8) is 0 Å². The van der Waals surface area contributed by atoms with Crippen molar-refractivity contribution in [2.75, 3.05) is 33.0 Å². The molecule has 0 aliphatic heterocycles. The molecule has 0 aliphatic rings. The number of hydrogen-bond donors (Lipinski definition) is 1. The molecule has 1 unspecified atom stereocenters. The summed E-state index contributed by atoms with van der Waals surface area (Å²) in [6, 6.07) is 18.0. The molecule has 0 saturated carbocycles. The molecule has 1 N–H and O–H groups in total. The molecule has 0 aromatic heterocycles. The number of benzene rings is 2. The van der Waals surface area contributed by atoms with E-state index < -0.39 is 10.8 Å². The van der Waals surface area contributed by atoms with Crippen LogP contribution in [0.4, 0.5) is 0 Å². The normalized spacial score (nSPS) is 12.0. The van der Waals surface area contributed by atoms with Gasteiger partial charge in [0.15, 0.2) is 5.96 Å². The van der Waals surface area contributed by atoms with Gasteiger partial charge in [0.25, 0.3) is 0 Å². The molecule has 0 amide bonds. The van der Waals surface area contributed by atoms with Crippen LogP contribution in [0.5, 0.6) is 5.75 Å². The third-order valence-electron chi connectivity index (χ3n) is 4.01. The zero-order valence-electron chi connectivity index (χ0n) is 16.8. The smallest absolute Gasteiger partial charge is 0.193 e. The average molecular weight is 515 g/mol. The zero-order valence-corrected chi connectivity index (χ0v) is 19.9. The van der Waals surface area contributed by atoms with Gasteiger partial charge in [-0.25, -0.2) is 0 Å². The third-order valence-corrected chi connectivity index (χ3v) is 5.33. The SMILES string of the molecule is CCOc1ccc(CN(C)C(=NC)NCCS(=O)Cc2ccccc2)cc1.I. The number of aliphatic imine (C=N–C) groups is 1. The molecule has 7 heteroatoms. The molecule has 28 heavy (non-hydrogen) atoms. The van der Waals surface area contributed by atoms with E-state index in [9.17, 15) is 4.21 Å². The summed E-state index contributed by atoms with van der Waals surface area (Å²) in [7, 11) is 2.86. The second kappa shape index (κ2) is 13.5. The van der Waals surface area contributed by atoms with Crippen molar-refractivity contribution in [2.24, 2.45) is 4.99 Å². The van der Waals surface area contributed by atoms with Gasteiger partial charge in [-0.3, -0.25) is 9.20 Å². The fraction of sp³-hybridized carbons (Fsp3) is 0.381. The Labute approximate surface area is 188 Å². The molecular weight excluding hydrogens is 485 g/mol. The number of hydrogen-bond acceptors (Lipinski definition) is 3. The lowest BCUT2D eigenvalue weighted by atomic mass is 10.2. The highest BCUT2D eigenvalue weighted by Crippen LogP contribution is 2.13. The van der Waals surface area contributed by atoms with Gasteiger partial charge in [0.05, 0.1) is 6.61 Å². The van der Waals surface area contributed by atoms with Crippen LogP contribution in [0.15, 0.2) is 59.6 Å².